The van der Waals surface area contributed by atoms with Crippen LogP contribution in [0.3, 0.4) is 0 Å². The van der Waals surface area contributed by atoms with Crippen molar-refractivity contribution in [1.82, 2.24) is 0 Å². The Hall–Kier alpha value is -3.82. The lowest BCUT2D eigenvalue weighted by atomic mass is 9.77. The number of fused-ring (bicyclic) bond motifs is 3. The molecule has 1 spiro atoms. The maximum Gasteiger partial charge on any atom is 0.418 e. The van der Waals surface area contributed by atoms with E-state index in [9.17, 15) is 32.3 Å². The quantitative estimate of drug-likeness (QED) is 0.345. The van der Waals surface area contributed by atoms with Gasteiger partial charge in [-0.3, -0.25) is 19.2 Å². The summed E-state index contributed by atoms with van der Waals surface area (Å²) >= 11 is 6.37. The van der Waals surface area contributed by atoms with E-state index in [-0.39, 0.29) is 21.7 Å². The predicted octanol–water partition coefficient (Wildman–Crippen LogP) is 5.05. The van der Waals surface area contributed by atoms with Crippen molar-refractivity contribution in [2.75, 3.05) is 4.90 Å². The number of rotatable bonds is 2. The zero-order valence-corrected chi connectivity index (χ0v) is 19.4. The molecule has 0 unspecified atom stereocenters. The summed E-state index contributed by atoms with van der Waals surface area (Å²) in [4.78, 5) is 55.5. The number of hydrogen-bond donors (Lipinski definition) is 0. The van der Waals surface area contributed by atoms with Crippen molar-refractivity contribution < 1.29 is 37.1 Å². The van der Waals surface area contributed by atoms with Gasteiger partial charge in [-0.2, -0.15) is 13.2 Å². The second kappa shape index (κ2) is 7.84. The van der Waals surface area contributed by atoms with Gasteiger partial charge in [-0.15, -0.1) is 0 Å². The third-order valence-electron chi connectivity index (χ3n) is 7.18. The Kier molecular flexibility index (Phi) is 4.99. The smallest absolute Gasteiger partial charge is 0.349 e. The van der Waals surface area contributed by atoms with E-state index in [0.717, 1.165) is 18.2 Å². The highest BCUT2D eigenvalue weighted by atomic mass is 35.5. The molecule has 0 aromatic heterocycles. The first kappa shape index (κ1) is 23.6. The number of hydrogen-bond acceptors (Lipinski definition) is 5. The van der Waals surface area contributed by atoms with Crippen molar-refractivity contribution >= 4 is 40.7 Å². The summed E-state index contributed by atoms with van der Waals surface area (Å²) in [6.07, 6.45) is -6.21. The number of benzene rings is 3. The first-order chi connectivity index (χ1) is 17.6. The number of alkyl halides is 3. The number of anilines is 1. The zero-order chi connectivity index (χ0) is 26.3. The van der Waals surface area contributed by atoms with E-state index in [0.29, 0.717) is 4.90 Å². The maximum atomic E-state index is 13.9. The number of nitrogens with zero attached hydrogens (tertiary/aromatic N) is 1. The number of ether oxygens (including phenoxy) is 1. The molecule has 3 aromatic rings. The number of halogens is 4. The molecule has 2 amide bonds. The fourth-order valence-electron chi connectivity index (χ4n) is 5.65. The standard InChI is InChI=1S/C27H15ClF3NO5/c28-17-11-5-3-9-15(17)21-19-20(26(37-21)22(33)13-7-1-2-8-14(13)23(26)34)25(36)32(24(19)35)18-12-6-4-10-16(18)27(29,30)31/h1-12,19-21H/t19-,20-,21-/m1/s1. The summed E-state index contributed by atoms with van der Waals surface area (Å²) < 4.78 is 47.6. The van der Waals surface area contributed by atoms with Gasteiger partial charge in [-0.05, 0) is 18.2 Å². The van der Waals surface area contributed by atoms with Gasteiger partial charge in [0.25, 0.3) is 0 Å². The van der Waals surface area contributed by atoms with Crippen LogP contribution in [0, 0.1) is 11.8 Å². The minimum atomic E-state index is -4.87. The fourth-order valence-corrected chi connectivity index (χ4v) is 5.89. The van der Waals surface area contributed by atoms with Crippen LogP contribution in [0.2, 0.25) is 5.02 Å². The molecule has 6 rings (SSSR count). The van der Waals surface area contributed by atoms with Crippen LogP contribution in [0.15, 0.2) is 72.8 Å². The maximum absolute atomic E-state index is 13.9. The topological polar surface area (TPSA) is 80.8 Å². The zero-order valence-electron chi connectivity index (χ0n) is 18.7. The molecule has 2 fully saturated rings. The van der Waals surface area contributed by atoms with Crippen molar-refractivity contribution in [2.45, 2.75) is 17.9 Å². The van der Waals surface area contributed by atoms with E-state index < -0.39 is 64.3 Å². The van der Waals surface area contributed by atoms with E-state index in [1.807, 2.05) is 0 Å². The summed E-state index contributed by atoms with van der Waals surface area (Å²) in [5.41, 5.74) is -4.02. The number of carbonyl (C=O) groups excluding carboxylic acids is 4. The van der Waals surface area contributed by atoms with Crippen LogP contribution >= 0.6 is 11.6 Å². The van der Waals surface area contributed by atoms with Crippen molar-refractivity contribution in [3.8, 4) is 0 Å². The molecule has 2 saturated heterocycles. The van der Waals surface area contributed by atoms with E-state index >= 15 is 0 Å². The monoisotopic (exact) mass is 525 g/mol. The fraction of sp³-hybridized carbons (Fsp3) is 0.185. The Bertz CT molecular complexity index is 1500. The van der Waals surface area contributed by atoms with Gasteiger partial charge in [0.1, 0.15) is 0 Å². The summed E-state index contributed by atoms with van der Waals surface area (Å²) in [7, 11) is 0. The Balaban J connectivity index is 1.58. The number of ketones is 2. The molecule has 0 bridgehead atoms. The summed E-state index contributed by atoms with van der Waals surface area (Å²) in [5.74, 6) is -6.90. The summed E-state index contributed by atoms with van der Waals surface area (Å²) in [6, 6.07) is 16.3. The second-order valence-corrected chi connectivity index (χ2v) is 9.44. The highest BCUT2D eigenvalue weighted by molar-refractivity contribution is 6.37. The number of carbonyl (C=O) groups is 4. The molecule has 0 radical (unpaired) electrons. The molecule has 0 N–H and O–H groups in total. The Morgan fingerprint density at radius 3 is 1.97 bits per heavy atom. The van der Waals surface area contributed by atoms with E-state index in [4.69, 9.17) is 16.3 Å². The minimum Gasteiger partial charge on any atom is -0.349 e. The first-order valence-electron chi connectivity index (χ1n) is 11.2. The van der Waals surface area contributed by atoms with Crippen molar-refractivity contribution in [3.63, 3.8) is 0 Å². The predicted molar refractivity (Wildman–Crippen MR) is 124 cm³/mol. The SMILES string of the molecule is O=C1[C@H]2[C@@H](c3ccccc3Cl)OC3(C(=O)c4ccccc4C3=O)[C@H]2C(=O)N1c1ccccc1C(F)(F)F. The van der Waals surface area contributed by atoms with Gasteiger partial charge in [0.15, 0.2) is 0 Å². The molecule has 3 aromatic carbocycles. The lowest BCUT2D eigenvalue weighted by Gasteiger charge is -2.28. The normalized spacial score (nSPS) is 24.2. The van der Waals surface area contributed by atoms with Gasteiger partial charge in [0.2, 0.25) is 29.0 Å². The van der Waals surface area contributed by atoms with Crippen LogP contribution in [-0.4, -0.2) is 29.0 Å². The molecule has 37 heavy (non-hydrogen) atoms. The van der Waals surface area contributed by atoms with Crippen molar-refractivity contribution in [2.24, 2.45) is 11.8 Å². The molecular weight excluding hydrogens is 511 g/mol. The molecular formula is C27H15ClF3NO5. The highest BCUT2D eigenvalue weighted by Gasteiger charge is 2.75. The first-order valence-corrected chi connectivity index (χ1v) is 11.6. The molecule has 3 atom stereocenters. The third-order valence-corrected chi connectivity index (χ3v) is 7.53. The van der Waals surface area contributed by atoms with Crippen LogP contribution in [0.5, 0.6) is 0 Å². The molecule has 186 valence electrons. The van der Waals surface area contributed by atoms with Crippen molar-refractivity contribution in [3.05, 3.63) is 100 Å². The highest BCUT2D eigenvalue weighted by Crippen LogP contribution is 2.58. The van der Waals surface area contributed by atoms with Crippen LogP contribution in [-0.2, 0) is 20.5 Å². The van der Waals surface area contributed by atoms with Crippen LogP contribution in [0.25, 0.3) is 0 Å². The Labute approximate surface area is 212 Å². The number of Topliss-reactive ketones (excluding diaryl/α,β-unsaturated/α-hetero) is 2. The van der Waals surface area contributed by atoms with E-state index in [2.05, 4.69) is 0 Å². The molecule has 0 saturated carbocycles. The molecule has 2 aliphatic heterocycles. The van der Waals surface area contributed by atoms with Gasteiger partial charge < -0.3 is 4.74 Å². The number of imide groups is 1. The molecule has 6 nitrogen and oxygen atoms in total. The molecule has 1 aliphatic carbocycles. The van der Waals surface area contributed by atoms with Crippen LogP contribution in [0.4, 0.5) is 18.9 Å². The lowest BCUT2D eigenvalue weighted by molar-refractivity contribution is -0.137. The molecule has 2 heterocycles. The largest absolute Gasteiger partial charge is 0.418 e. The van der Waals surface area contributed by atoms with E-state index in [1.54, 1.807) is 12.1 Å². The second-order valence-electron chi connectivity index (χ2n) is 9.03. The Morgan fingerprint density at radius 1 is 0.784 bits per heavy atom. The summed E-state index contributed by atoms with van der Waals surface area (Å²) in [5, 5.41) is 0.146. The number of para-hydroxylation sites is 1. The van der Waals surface area contributed by atoms with Crippen LogP contribution in [0.1, 0.15) is 37.9 Å². The molecule has 10 heteroatoms. The van der Waals surface area contributed by atoms with Gasteiger partial charge in [-0.25, -0.2) is 4.90 Å². The van der Waals surface area contributed by atoms with Crippen LogP contribution < -0.4 is 4.90 Å². The third kappa shape index (κ3) is 3.04. The van der Waals surface area contributed by atoms with Gasteiger partial charge >= 0.3 is 6.18 Å². The average Bonchev–Trinajstić information content (AvgIpc) is 3.44. The number of amides is 2. The van der Waals surface area contributed by atoms with Crippen molar-refractivity contribution in [1.29, 1.82) is 0 Å². The molecule has 3 aliphatic rings. The van der Waals surface area contributed by atoms with Gasteiger partial charge in [-0.1, -0.05) is 66.2 Å². The average molecular weight is 526 g/mol. The van der Waals surface area contributed by atoms with Gasteiger partial charge in [0.05, 0.1) is 29.2 Å². The summed E-state index contributed by atoms with van der Waals surface area (Å²) in [6.45, 7) is 0. The Morgan fingerprint density at radius 2 is 1.35 bits per heavy atom. The minimum absolute atomic E-state index is 0.0143. The lowest BCUT2D eigenvalue weighted by Crippen LogP contribution is -2.51. The van der Waals surface area contributed by atoms with E-state index in [1.165, 1.54) is 42.5 Å². The van der Waals surface area contributed by atoms with Gasteiger partial charge in [0, 0.05) is 21.7 Å².